The summed E-state index contributed by atoms with van der Waals surface area (Å²) in [4.78, 5) is 0. The molecule has 42 valence electrons. The van der Waals surface area contributed by atoms with E-state index >= 15 is 0 Å². The normalized spacial score (nSPS) is 0. The molecule has 0 rings (SSSR count). The molecule has 0 amide bonds. The maximum atomic E-state index is 0. The second-order valence-electron chi connectivity index (χ2n) is 0. The van der Waals surface area contributed by atoms with Gasteiger partial charge in [0, 0.05) is 0 Å². The minimum absolute atomic E-state index is 0. The maximum absolute atomic E-state index is 0. The third kappa shape index (κ3) is 103. The van der Waals surface area contributed by atoms with E-state index in [1.165, 1.54) is 0 Å². The standard InChI is InChI=1S/2Fe.Li.4O/q2*+3;+1;4*-2. The predicted molar refractivity (Wildman–Crippen MR) is 2.75 cm³/mol. The van der Waals surface area contributed by atoms with Crippen molar-refractivity contribution in [3.8, 4) is 0 Å². The van der Waals surface area contributed by atoms with E-state index in [0.717, 1.165) is 0 Å². The van der Waals surface area contributed by atoms with Gasteiger partial charge >= 0.3 is 53.0 Å². The van der Waals surface area contributed by atoms with E-state index in [1.54, 1.807) is 0 Å². The first-order chi connectivity index (χ1) is 0. The molecule has 0 aromatic rings. The molecule has 7 heteroatoms. The van der Waals surface area contributed by atoms with Gasteiger partial charge in [0.1, 0.15) is 0 Å². The fourth-order valence-electron chi connectivity index (χ4n) is 0. The van der Waals surface area contributed by atoms with Crippen LogP contribution in [0.2, 0.25) is 0 Å². The van der Waals surface area contributed by atoms with Crippen molar-refractivity contribution >= 4 is 0 Å². The van der Waals surface area contributed by atoms with Gasteiger partial charge in [0.15, 0.2) is 0 Å². The van der Waals surface area contributed by atoms with Crippen molar-refractivity contribution in [2.45, 2.75) is 0 Å². The molecule has 0 fully saturated rings. The van der Waals surface area contributed by atoms with Crippen LogP contribution in [-0.4, -0.2) is 0 Å². The average Bonchev–Trinajstić information content (AvgIpc) is 0. The second-order valence-corrected chi connectivity index (χ2v) is 0. The Morgan fingerprint density at radius 2 is 0.429 bits per heavy atom. The van der Waals surface area contributed by atoms with Crippen LogP contribution in [0.5, 0.6) is 0 Å². The molecule has 0 spiro atoms. The topological polar surface area (TPSA) is 114 Å². The van der Waals surface area contributed by atoms with Gasteiger partial charge < -0.3 is 21.9 Å². The van der Waals surface area contributed by atoms with Crippen LogP contribution in [0.15, 0.2) is 0 Å². The monoisotopic (exact) mass is 183 g/mol. The summed E-state index contributed by atoms with van der Waals surface area (Å²) in [6.45, 7) is 0. The Morgan fingerprint density at radius 3 is 0.429 bits per heavy atom. The molecule has 0 saturated carbocycles. The van der Waals surface area contributed by atoms with Crippen molar-refractivity contribution in [1.29, 1.82) is 0 Å². The first-order valence-electron chi connectivity index (χ1n) is 0. The van der Waals surface area contributed by atoms with Gasteiger partial charge in [-0.15, -0.1) is 0 Å². The Morgan fingerprint density at radius 1 is 0.429 bits per heavy atom. The molecule has 0 N–H and O–H groups in total. The molecule has 0 heterocycles. The van der Waals surface area contributed by atoms with Crippen LogP contribution in [0, 0.1) is 0 Å². The Labute approximate surface area is 74.8 Å². The third-order valence-corrected chi connectivity index (χ3v) is 0. The smallest absolute Gasteiger partial charge is 2.00 e. The van der Waals surface area contributed by atoms with Gasteiger partial charge in [-0.2, -0.15) is 0 Å². The number of hydrogen-bond acceptors (Lipinski definition) is 0. The molecule has 4 nitrogen and oxygen atoms in total. The van der Waals surface area contributed by atoms with E-state index in [9.17, 15) is 0 Å². The van der Waals surface area contributed by atoms with E-state index in [1.807, 2.05) is 0 Å². The van der Waals surface area contributed by atoms with Crippen LogP contribution in [0.1, 0.15) is 0 Å². The Bertz CT molecular complexity index is 9.65. The van der Waals surface area contributed by atoms with Crippen LogP contribution in [0.3, 0.4) is 0 Å². The number of hydrogen-bond donors (Lipinski definition) is 0. The van der Waals surface area contributed by atoms with Gasteiger partial charge in [-0.3, -0.25) is 0 Å². The van der Waals surface area contributed by atoms with Gasteiger partial charge in [-0.05, 0) is 0 Å². The zero-order chi connectivity index (χ0) is 0. The fourth-order valence-corrected chi connectivity index (χ4v) is 0. The molecule has 0 aromatic heterocycles. The number of rotatable bonds is 0. The molecule has 0 atom stereocenters. The van der Waals surface area contributed by atoms with Gasteiger partial charge in [0.25, 0.3) is 0 Å². The van der Waals surface area contributed by atoms with Crippen molar-refractivity contribution in [3.05, 3.63) is 0 Å². The van der Waals surface area contributed by atoms with Gasteiger partial charge in [-0.1, -0.05) is 0 Å². The first-order valence-corrected chi connectivity index (χ1v) is 0. The van der Waals surface area contributed by atoms with E-state index in [4.69, 9.17) is 0 Å². The molecule has 0 saturated heterocycles. The summed E-state index contributed by atoms with van der Waals surface area (Å²) in [7, 11) is 0. The minimum atomic E-state index is 0. The quantitative estimate of drug-likeness (QED) is 0.347. The summed E-state index contributed by atoms with van der Waals surface area (Å²) in [6.07, 6.45) is 0. The predicted octanol–water partition coefficient (Wildman–Crippen LogP) is -3.48. The molecule has 0 bridgehead atoms. The first kappa shape index (κ1) is 217. The zero-order valence-corrected chi connectivity index (χ0v) is 5.55. The van der Waals surface area contributed by atoms with E-state index < -0.39 is 0 Å². The Balaban J connectivity index is 0. The van der Waals surface area contributed by atoms with Crippen LogP contribution in [0.25, 0.3) is 0 Å². The summed E-state index contributed by atoms with van der Waals surface area (Å²) < 4.78 is 0. The van der Waals surface area contributed by atoms with Gasteiger partial charge in [0.05, 0.1) is 0 Å². The summed E-state index contributed by atoms with van der Waals surface area (Å²) >= 11 is 0. The van der Waals surface area contributed by atoms with E-state index in [2.05, 4.69) is 0 Å². The maximum Gasteiger partial charge on any atom is 3.00 e. The van der Waals surface area contributed by atoms with E-state index in [-0.39, 0.29) is 74.9 Å². The van der Waals surface area contributed by atoms with Crippen molar-refractivity contribution in [2.24, 2.45) is 0 Å². The van der Waals surface area contributed by atoms with Gasteiger partial charge in [-0.25, -0.2) is 0 Å². The molecular formula is Fe2LiO4-. The average molecular weight is 183 g/mol. The Hall–Kier alpha value is 1.48. The molecule has 2 radical (unpaired) electrons. The van der Waals surface area contributed by atoms with Gasteiger partial charge in [0.2, 0.25) is 0 Å². The molecule has 0 aliphatic rings. The molecular weight excluding hydrogens is 183 g/mol. The summed E-state index contributed by atoms with van der Waals surface area (Å²) in [5.41, 5.74) is 0. The van der Waals surface area contributed by atoms with E-state index in [0.29, 0.717) is 0 Å². The Kier molecular flexibility index (Phi) is 4470. The molecule has 0 aliphatic heterocycles. The SMILES string of the molecule is [Fe+3].[Fe+3].[Li+].[O-2].[O-2].[O-2].[O-2]. The molecule has 7 heavy (non-hydrogen) atoms. The molecule has 0 unspecified atom stereocenters. The summed E-state index contributed by atoms with van der Waals surface area (Å²) in [5, 5.41) is 0. The van der Waals surface area contributed by atoms with Crippen LogP contribution >= 0.6 is 0 Å². The zero-order valence-electron chi connectivity index (χ0n) is 3.34. The third-order valence-electron chi connectivity index (χ3n) is 0. The van der Waals surface area contributed by atoms with Crippen molar-refractivity contribution in [2.75, 3.05) is 0 Å². The molecule has 0 aliphatic carbocycles. The van der Waals surface area contributed by atoms with Crippen molar-refractivity contribution < 1.29 is 74.9 Å². The van der Waals surface area contributed by atoms with Crippen LogP contribution in [0.4, 0.5) is 0 Å². The fraction of sp³-hybridized carbons (Fsp3) is 0. The van der Waals surface area contributed by atoms with Crippen molar-refractivity contribution in [3.63, 3.8) is 0 Å². The van der Waals surface area contributed by atoms with Crippen molar-refractivity contribution in [1.82, 2.24) is 0 Å². The van der Waals surface area contributed by atoms with Crippen LogP contribution in [-0.2, 0) is 56.0 Å². The second kappa shape index (κ2) is 144. The largest absolute Gasteiger partial charge is 3.00 e. The summed E-state index contributed by atoms with van der Waals surface area (Å²) in [5.74, 6) is 0. The molecule has 0 aromatic carbocycles. The minimum Gasteiger partial charge on any atom is -2.00 e. The van der Waals surface area contributed by atoms with Crippen LogP contribution < -0.4 is 18.9 Å². The summed E-state index contributed by atoms with van der Waals surface area (Å²) in [6, 6.07) is 0.